The number of carboxylic acid groups (broad SMARTS) is 1. The van der Waals surface area contributed by atoms with E-state index < -0.39 is 30.4 Å². The lowest BCUT2D eigenvalue weighted by Crippen LogP contribution is -2.50. The Bertz CT molecular complexity index is 765. The Morgan fingerprint density at radius 3 is 1.23 bits per heavy atom. The van der Waals surface area contributed by atoms with Crippen molar-refractivity contribution in [1.29, 1.82) is 0 Å². The second kappa shape index (κ2) is 19.2. The highest BCUT2D eigenvalue weighted by molar-refractivity contribution is 5.82. The van der Waals surface area contributed by atoms with Crippen LogP contribution in [0.5, 0.6) is 0 Å². The van der Waals surface area contributed by atoms with Crippen LogP contribution in [0.3, 0.4) is 0 Å². The highest BCUT2D eigenvalue weighted by atomic mass is 16.5. The van der Waals surface area contributed by atoms with E-state index in [4.69, 9.17) is 18.9 Å². The highest BCUT2D eigenvalue weighted by Crippen LogP contribution is 2.04. The van der Waals surface area contributed by atoms with Crippen molar-refractivity contribution in [2.24, 2.45) is 0 Å². The van der Waals surface area contributed by atoms with Crippen LogP contribution in [0.2, 0.25) is 0 Å². The molecule has 0 aliphatic carbocycles. The summed E-state index contributed by atoms with van der Waals surface area (Å²) < 4.78 is 19.5. The van der Waals surface area contributed by atoms with Crippen LogP contribution in [0.1, 0.15) is 0 Å². The number of aliphatic carboxylic acids is 1. The van der Waals surface area contributed by atoms with Gasteiger partial charge in [0, 0.05) is 66.0 Å². The first-order valence-electron chi connectivity index (χ1n) is 12.7. The van der Waals surface area contributed by atoms with Crippen molar-refractivity contribution in [1.82, 2.24) is 24.5 Å². The topological polar surface area (TPSA) is 159 Å². The van der Waals surface area contributed by atoms with Gasteiger partial charge in [0.25, 0.3) is 0 Å². The second-order valence-corrected chi connectivity index (χ2v) is 9.03. The van der Waals surface area contributed by atoms with Crippen molar-refractivity contribution >= 4 is 29.8 Å². The Morgan fingerprint density at radius 2 is 0.949 bits per heavy atom. The molecule has 0 aromatic rings. The summed E-state index contributed by atoms with van der Waals surface area (Å²) >= 11 is 0. The summed E-state index contributed by atoms with van der Waals surface area (Å²) in [6, 6.07) is 0. The molecule has 1 aliphatic rings. The van der Waals surface area contributed by atoms with Crippen LogP contribution in [0.4, 0.5) is 0 Å². The number of methoxy groups -OCH3 is 4. The first-order chi connectivity index (χ1) is 18.6. The fourth-order valence-electron chi connectivity index (χ4n) is 3.90. The van der Waals surface area contributed by atoms with Crippen LogP contribution in [0.25, 0.3) is 0 Å². The third-order valence-corrected chi connectivity index (χ3v) is 6.27. The lowest BCUT2D eigenvalue weighted by molar-refractivity contribution is -0.145. The molecule has 0 saturated carbocycles. The zero-order valence-electron chi connectivity index (χ0n) is 23.5. The minimum Gasteiger partial charge on any atom is -0.480 e. The highest BCUT2D eigenvalue weighted by Gasteiger charge is 2.24. The van der Waals surface area contributed by atoms with Crippen molar-refractivity contribution < 1.29 is 48.0 Å². The number of carboxylic acids is 1. The standard InChI is InChI=1S/C24H43N5O10/c1-36-14-13-29(16-21(31)32)20(30)15-25-5-7-26(17-22(33)37-2)9-11-28(19-24(35)39-4)12-10-27(8-6-25)18-23(34)38-3/h5-19H2,1-4H3,(H,31,32). The van der Waals surface area contributed by atoms with E-state index in [9.17, 15) is 29.1 Å². The Balaban J connectivity index is 3.12. The summed E-state index contributed by atoms with van der Waals surface area (Å²) in [5, 5.41) is 9.24. The van der Waals surface area contributed by atoms with E-state index in [1.165, 1.54) is 33.3 Å². The van der Waals surface area contributed by atoms with E-state index in [0.717, 1.165) is 0 Å². The maximum absolute atomic E-state index is 13.1. The van der Waals surface area contributed by atoms with Crippen LogP contribution in [-0.2, 0) is 42.9 Å². The second-order valence-electron chi connectivity index (χ2n) is 9.03. The molecule has 0 aromatic carbocycles. The quantitative estimate of drug-likeness (QED) is 0.183. The number of amides is 1. The Labute approximate surface area is 229 Å². The summed E-state index contributed by atoms with van der Waals surface area (Å²) in [5.74, 6) is -2.73. The van der Waals surface area contributed by atoms with Gasteiger partial charge in [-0.15, -0.1) is 0 Å². The number of hydrogen-bond acceptors (Lipinski definition) is 13. The van der Waals surface area contributed by atoms with E-state index >= 15 is 0 Å². The van der Waals surface area contributed by atoms with Gasteiger partial charge in [-0.2, -0.15) is 0 Å². The number of ether oxygens (including phenoxy) is 4. The summed E-state index contributed by atoms with van der Waals surface area (Å²) in [7, 11) is 5.40. The van der Waals surface area contributed by atoms with Crippen molar-refractivity contribution in [2.45, 2.75) is 0 Å². The monoisotopic (exact) mass is 561 g/mol. The zero-order valence-corrected chi connectivity index (χ0v) is 23.5. The normalized spacial score (nSPS) is 16.9. The van der Waals surface area contributed by atoms with E-state index in [0.29, 0.717) is 52.4 Å². The third-order valence-electron chi connectivity index (χ3n) is 6.27. The van der Waals surface area contributed by atoms with Crippen LogP contribution in [-0.4, -0.2) is 186 Å². The van der Waals surface area contributed by atoms with Crippen LogP contribution < -0.4 is 0 Å². The van der Waals surface area contributed by atoms with Gasteiger partial charge in [0.2, 0.25) is 5.91 Å². The third kappa shape index (κ3) is 14.8. The number of carbonyl (C=O) groups excluding carboxylic acids is 4. The summed E-state index contributed by atoms with van der Waals surface area (Å²) in [4.78, 5) is 69.2. The van der Waals surface area contributed by atoms with Crippen LogP contribution >= 0.6 is 0 Å². The summed E-state index contributed by atoms with van der Waals surface area (Å²) in [6.07, 6.45) is 0. The molecule has 1 aliphatic heterocycles. The van der Waals surface area contributed by atoms with Gasteiger partial charge in [0.1, 0.15) is 6.54 Å². The molecule has 15 heteroatoms. The molecule has 1 saturated heterocycles. The molecule has 0 atom stereocenters. The van der Waals surface area contributed by atoms with E-state index in [-0.39, 0.29) is 45.2 Å². The molecular weight excluding hydrogens is 518 g/mol. The van der Waals surface area contributed by atoms with Crippen molar-refractivity contribution in [3.05, 3.63) is 0 Å². The SMILES string of the molecule is COCCN(CC(=O)O)C(=O)CN1CCN(CC(=O)OC)CCN(CC(=O)OC)CCN(CC(=O)OC)CC1. The lowest BCUT2D eigenvalue weighted by atomic mass is 10.3. The molecule has 1 N–H and O–H groups in total. The van der Waals surface area contributed by atoms with Gasteiger partial charge >= 0.3 is 23.9 Å². The van der Waals surface area contributed by atoms with Gasteiger partial charge in [-0.3, -0.25) is 43.6 Å². The molecule has 0 unspecified atom stereocenters. The largest absolute Gasteiger partial charge is 0.480 e. The Hall–Kier alpha value is -2.85. The Kier molecular flexibility index (Phi) is 16.9. The average Bonchev–Trinajstić information content (AvgIpc) is 2.91. The molecular formula is C24H43N5O10. The molecule has 0 bridgehead atoms. The fourth-order valence-corrected chi connectivity index (χ4v) is 3.90. The van der Waals surface area contributed by atoms with Crippen molar-refractivity contribution in [3.63, 3.8) is 0 Å². The molecule has 1 rings (SSSR count). The maximum atomic E-state index is 13.1. The maximum Gasteiger partial charge on any atom is 0.323 e. The summed E-state index contributed by atoms with van der Waals surface area (Å²) in [5.41, 5.74) is 0. The van der Waals surface area contributed by atoms with Gasteiger partial charge in [0.15, 0.2) is 0 Å². The average molecular weight is 562 g/mol. The molecule has 0 spiro atoms. The van der Waals surface area contributed by atoms with Gasteiger partial charge in [-0.05, 0) is 0 Å². The first kappa shape index (κ1) is 34.2. The van der Waals surface area contributed by atoms with Crippen molar-refractivity contribution in [3.8, 4) is 0 Å². The molecule has 1 heterocycles. The Morgan fingerprint density at radius 1 is 0.615 bits per heavy atom. The predicted molar refractivity (Wildman–Crippen MR) is 138 cm³/mol. The molecule has 39 heavy (non-hydrogen) atoms. The summed E-state index contributed by atoms with van der Waals surface area (Å²) in [6.45, 7) is 3.27. The fraction of sp³-hybridized carbons (Fsp3) is 0.792. The van der Waals surface area contributed by atoms with Gasteiger partial charge in [-0.1, -0.05) is 0 Å². The molecule has 15 nitrogen and oxygen atoms in total. The smallest absolute Gasteiger partial charge is 0.323 e. The van der Waals surface area contributed by atoms with Gasteiger partial charge < -0.3 is 29.0 Å². The predicted octanol–water partition coefficient (Wildman–Crippen LogP) is -2.71. The van der Waals surface area contributed by atoms with E-state index in [1.807, 2.05) is 19.6 Å². The van der Waals surface area contributed by atoms with Gasteiger partial charge in [0.05, 0.1) is 54.1 Å². The zero-order chi connectivity index (χ0) is 29.2. The number of hydrogen-bond donors (Lipinski definition) is 1. The minimum atomic E-state index is -1.13. The molecule has 0 radical (unpaired) electrons. The number of rotatable bonds is 13. The van der Waals surface area contributed by atoms with E-state index in [1.54, 1.807) is 0 Å². The lowest BCUT2D eigenvalue weighted by Gasteiger charge is -2.33. The van der Waals surface area contributed by atoms with Crippen LogP contribution in [0, 0.1) is 0 Å². The molecule has 1 amide bonds. The van der Waals surface area contributed by atoms with Gasteiger partial charge in [-0.25, -0.2) is 0 Å². The first-order valence-corrected chi connectivity index (χ1v) is 12.7. The van der Waals surface area contributed by atoms with Crippen molar-refractivity contribution in [2.75, 3.05) is 127 Å². The number of nitrogens with zero attached hydrogens (tertiary/aromatic N) is 5. The molecule has 1 fully saturated rings. The van der Waals surface area contributed by atoms with Crippen LogP contribution in [0.15, 0.2) is 0 Å². The molecule has 0 aromatic heterocycles. The molecule has 224 valence electrons. The minimum absolute atomic E-state index is 0.0256. The number of carbonyl (C=O) groups is 5. The number of esters is 3. The van der Waals surface area contributed by atoms with E-state index in [2.05, 4.69) is 0 Å².